The van der Waals surface area contributed by atoms with Crippen molar-refractivity contribution in [3.63, 3.8) is 0 Å². The quantitative estimate of drug-likeness (QED) is 0.820. The summed E-state index contributed by atoms with van der Waals surface area (Å²) < 4.78 is 0. The highest BCUT2D eigenvalue weighted by atomic mass is 15.2. The van der Waals surface area contributed by atoms with Gasteiger partial charge in [0.05, 0.1) is 5.52 Å². The summed E-state index contributed by atoms with van der Waals surface area (Å²) in [7, 11) is 4.16. The van der Waals surface area contributed by atoms with Crippen molar-refractivity contribution in [3.05, 3.63) is 24.3 Å². The van der Waals surface area contributed by atoms with Gasteiger partial charge in [0.25, 0.3) is 0 Å². The molecule has 2 rings (SSSR count). The van der Waals surface area contributed by atoms with E-state index in [0.717, 1.165) is 36.2 Å². The highest BCUT2D eigenvalue weighted by Crippen LogP contribution is 2.21. The van der Waals surface area contributed by atoms with E-state index >= 15 is 0 Å². The van der Waals surface area contributed by atoms with Gasteiger partial charge in [-0.15, -0.1) is 0 Å². The lowest BCUT2D eigenvalue weighted by atomic mass is 10.2. The maximum atomic E-state index is 4.62. The Labute approximate surface area is 126 Å². The first-order valence-corrected chi connectivity index (χ1v) is 7.52. The Morgan fingerprint density at radius 2 is 1.90 bits per heavy atom. The maximum absolute atomic E-state index is 4.62. The molecular weight excluding hydrogens is 262 g/mol. The van der Waals surface area contributed by atoms with Crippen molar-refractivity contribution in [2.75, 3.05) is 37.8 Å². The third-order valence-electron chi connectivity index (χ3n) is 3.58. The van der Waals surface area contributed by atoms with Crippen LogP contribution in [0.5, 0.6) is 0 Å². The first-order valence-electron chi connectivity index (χ1n) is 7.52. The minimum atomic E-state index is 0.436. The minimum absolute atomic E-state index is 0.436. The summed E-state index contributed by atoms with van der Waals surface area (Å²) in [6.45, 7) is 6.05. The van der Waals surface area contributed by atoms with Gasteiger partial charge in [0, 0.05) is 24.5 Å². The molecule has 5 heteroatoms. The number of anilines is 2. The molecule has 1 unspecified atom stereocenters. The monoisotopic (exact) mass is 287 g/mol. The molecule has 0 fully saturated rings. The van der Waals surface area contributed by atoms with Crippen LogP contribution in [0.25, 0.3) is 10.9 Å². The molecule has 1 heterocycles. The van der Waals surface area contributed by atoms with Crippen molar-refractivity contribution in [3.8, 4) is 0 Å². The minimum Gasteiger partial charge on any atom is -0.368 e. The molecule has 21 heavy (non-hydrogen) atoms. The van der Waals surface area contributed by atoms with Crippen molar-refractivity contribution in [2.45, 2.75) is 26.3 Å². The van der Waals surface area contributed by atoms with Gasteiger partial charge >= 0.3 is 0 Å². The van der Waals surface area contributed by atoms with E-state index < -0.39 is 0 Å². The molecule has 1 aromatic heterocycles. The zero-order valence-corrected chi connectivity index (χ0v) is 13.3. The Kier molecular flexibility index (Phi) is 5.33. The first-order chi connectivity index (χ1) is 10.1. The Hall–Kier alpha value is -1.88. The van der Waals surface area contributed by atoms with E-state index in [-0.39, 0.29) is 0 Å². The second kappa shape index (κ2) is 7.22. The fraction of sp³-hybridized carbons (Fsp3) is 0.500. The van der Waals surface area contributed by atoms with Gasteiger partial charge in [0.1, 0.15) is 5.82 Å². The lowest BCUT2D eigenvalue weighted by Gasteiger charge is -2.21. The molecule has 0 aliphatic rings. The summed E-state index contributed by atoms with van der Waals surface area (Å²) in [5.41, 5.74) is 0.964. The van der Waals surface area contributed by atoms with Crippen LogP contribution in [0.2, 0.25) is 0 Å². The maximum Gasteiger partial charge on any atom is 0.225 e. The van der Waals surface area contributed by atoms with Gasteiger partial charge in [0.15, 0.2) is 0 Å². The fourth-order valence-corrected chi connectivity index (χ4v) is 1.95. The molecule has 1 atom stereocenters. The van der Waals surface area contributed by atoms with E-state index in [1.54, 1.807) is 0 Å². The zero-order chi connectivity index (χ0) is 15.2. The van der Waals surface area contributed by atoms with Gasteiger partial charge in [-0.25, -0.2) is 4.98 Å². The lowest BCUT2D eigenvalue weighted by molar-refractivity contribution is 0.326. The highest BCUT2D eigenvalue weighted by molar-refractivity contribution is 5.90. The average molecular weight is 287 g/mol. The Morgan fingerprint density at radius 3 is 2.62 bits per heavy atom. The summed E-state index contributed by atoms with van der Waals surface area (Å²) in [5.74, 6) is 1.59. The number of para-hydroxylation sites is 1. The molecule has 5 nitrogen and oxygen atoms in total. The van der Waals surface area contributed by atoms with E-state index in [1.165, 1.54) is 0 Å². The molecule has 114 valence electrons. The molecule has 0 amide bonds. The molecule has 0 spiro atoms. The Morgan fingerprint density at radius 1 is 1.14 bits per heavy atom. The van der Waals surface area contributed by atoms with Crippen LogP contribution in [0.3, 0.4) is 0 Å². The number of nitrogens with one attached hydrogen (secondary N) is 2. The van der Waals surface area contributed by atoms with Crippen molar-refractivity contribution >= 4 is 22.7 Å². The second-order valence-corrected chi connectivity index (χ2v) is 5.53. The molecule has 0 saturated heterocycles. The van der Waals surface area contributed by atoms with Crippen LogP contribution in [-0.2, 0) is 0 Å². The molecule has 2 aromatic rings. The lowest BCUT2D eigenvalue weighted by Crippen LogP contribution is -2.31. The summed E-state index contributed by atoms with van der Waals surface area (Å²) >= 11 is 0. The van der Waals surface area contributed by atoms with Gasteiger partial charge in [-0.05, 0) is 39.6 Å². The average Bonchev–Trinajstić information content (AvgIpc) is 2.50. The van der Waals surface area contributed by atoms with Crippen LogP contribution in [0, 0.1) is 0 Å². The smallest absolute Gasteiger partial charge is 0.225 e. The van der Waals surface area contributed by atoms with Crippen molar-refractivity contribution in [1.29, 1.82) is 0 Å². The number of rotatable bonds is 7. The van der Waals surface area contributed by atoms with Gasteiger partial charge in [0.2, 0.25) is 5.95 Å². The number of nitrogens with zero attached hydrogens (tertiary/aromatic N) is 3. The van der Waals surface area contributed by atoms with Gasteiger partial charge < -0.3 is 15.5 Å². The van der Waals surface area contributed by atoms with Crippen LogP contribution >= 0.6 is 0 Å². The van der Waals surface area contributed by atoms with Crippen LogP contribution in [-0.4, -0.2) is 48.1 Å². The molecule has 0 radical (unpaired) electrons. The Bertz CT molecular complexity index is 582. The normalized spacial score (nSPS) is 12.6. The predicted octanol–water partition coefficient (Wildman–Crippen LogP) is 2.81. The van der Waals surface area contributed by atoms with E-state index in [9.17, 15) is 0 Å². The number of aromatic nitrogens is 2. The summed E-state index contributed by atoms with van der Waals surface area (Å²) in [6, 6.07) is 8.54. The Balaban J connectivity index is 2.26. The largest absolute Gasteiger partial charge is 0.368 e. The second-order valence-electron chi connectivity index (χ2n) is 5.53. The third kappa shape index (κ3) is 4.04. The SMILES string of the molecule is CCCNc1nc(NCC(C)N(C)C)c2ccccc2n1. The molecule has 0 aliphatic carbocycles. The van der Waals surface area contributed by atoms with Crippen LogP contribution in [0.1, 0.15) is 20.3 Å². The number of likely N-dealkylation sites (N-methyl/N-ethyl adjacent to an activating group) is 1. The molecule has 0 saturated carbocycles. The standard InChI is InChI=1S/C16H25N5/c1-5-10-17-16-19-14-9-7-6-8-13(14)15(20-16)18-11-12(2)21(3)4/h6-9,12H,5,10-11H2,1-4H3,(H2,17,18,19,20). The fourth-order valence-electron chi connectivity index (χ4n) is 1.95. The molecule has 1 aromatic carbocycles. The highest BCUT2D eigenvalue weighted by Gasteiger charge is 2.09. The number of hydrogen-bond acceptors (Lipinski definition) is 5. The van der Waals surface area contributed by atoms with Gasteiger partial charge in [-0.1, -0.05) is 19.1 Å². The van der Waals surface area contributed by atoms with Gasteiger partial charge in [-0.3, -0.25) is 0 Å². The predicted molar refractivity (Wildman–Crippen MR) is 90.0 cm³/mol. The summed E-state index contributed by atoms with van der Waals surface area (Å²) in [6.07, 6.45) is 1.05. The van der Waals surface area contributed by atoms with E-state index in [0.29, 0.717) is 12.0 Å². The van der Waals surface area contributed by atoms with Crippen LogP contribution in [0.4, 0.5) is 11.8 Å². The van der Waals surface area contributed by atoms with E-state index in [1.807, 2.05) is 18.2 Å². The molecular formula is C16H25N5. The number of fused-ring (bicyclic) bond motifs is 1. The van der Waals surface area contributed by atoms with Gasteiger partial charge in [-0.2, -0.15) is 4.98 Å². The van der Waals surface area contributed by atoms with Crippen molar-refractivity contribution in [2.24, 2.45) is 0 Å². The van der Waals surface area contributed by atoms with Crippen LogP contribution < -0.4 is 10.6 Å². The number of hydrogen-bond donors (Lipinski definition) is 2. The van der Waals surface area contributed by atoms with Crippen molar-refractivity contribution < 1.29 is 0 Å². The van der Waals surface area contributed by atoms with Crippen molar-refractivity contribution in [1.82, 2.24) is 14.9 Å². The van der Waals surface area contributed by atoms with E-state index in [4.69, 9.17) is 0 Å². The summed E-state index contributed by atoms with van der Waals surface area (Å²) in [5, 5.41) is 7.78. The first kappa shape index (κ1) is 15.5. The zero-order valence-electron chi connectivity index (χ0n) is 13.3. The molecule has 0 aliphatic heterocycles. The van der Waals surface area contributed by atoms with E-state index in [2.05, 4.69) is 59.5 Å². The molecule has 0 bridgehead atoms. The summed E-state index contributed by atoms with van der Waals surface area (Å²) in [4.78, 5) is 11.4. The van der Waals surface area contributed by atoms with Crippen LogP contribution in [0.15, 0.2) is 24.3 Å². The third-order valence-corrected chi connectivity index (χ3v) is 3.58. The number of benzene rings is 1. The topological polar surface area (TPSA) is 53.1 Å². The molecule has 2 N–H and O–H groups in total.